The molecule has 6 nitrogen and oxygen atoms in total. The van der Waals surface area contributed by atoms with Crippen molar-refractivity contribution < 1.29 is 9.72 Å². The maximum Gasteiger partial charge on any atom is 0.294 e. The van der Waals surface area contributed by atoms with Gasteiger partial charge in [-0.1, -0.05) is 48.9 Å². The van der Waals surface area contributed by atoms with Crippen molar-refractivity contribution in [3.63, 3.8) is 0 Å². The predicted octanol–water partition coefficient (Wildman–Crippen LogP) is 4.09. The monoisotopic (exact) mass is 387 g/mol. The van der Waals surface area contributed by atoms with Crippen LogP contribution in [0.25, 0.3) is 0 Å². The van der Waals surface area contributed by atoms with Gasteiger partial charge in [-0.15, -0.1) is 0 Å². The van der Waals surface area contributed by atoms with Gasteiger partial charge in [-0.3, -0.25) is 14.9 Å². The number of nitro groups is 1. The van der Waals surface area contributed by atoms with E-state index in [0.717, 1.165) is 5.56 Å². The summed E-state index contributed by atoms with van der Waals surface area (Å²) in [4.78, 5) is 27.3. The molecule has 1 unspecified atom stereocenters. The maximum atomic E-state index is 12.6. The molecule has 1 heterocycles. The van der Waals surface area contributed by atoms with E-state index < -0.39 is 4.92 Å². The van der Waals surface area contributed by atoms with Crippen molar-refractivity contribution >= 4 is 28.9 Å². The fourth-order valence-corrected chi connectivity index (χ4v) is 3.56. The highest BCUT2D eigenvalue weighted by molar-refractivity contribution is 6.30. The number of anilines is 1. The Kier molecular flexibility index (Phi) is 5.96. The highest BCUT2D eigenvalue weighted by atomic mass is 35.5. The molecule has 3 rings (SSSR count). The summed E-state index contributed by atoms with van der Waals surface area (Å²) in [5, 5.41) is 11.6. The van der Waals surface area contributed by atoms with Crippen LogP contribution in [0.5, 0.6) is 0 Å². The summed E-state index contributed by atoms with van der Waals surface area (Å²) in [6.07, 6.45) is 0.463. The van der Waals surface area contributed by atoms with Gasteiger partial charge in [0.1, 0.15) is 5.69 Å². The van der Waals surface area contributed by atoms with Crippen LogP contribution in [0.15, 0.2) is 48.5 Å². The van der Waals surface area contributed by atoms with Crippen molar-refractivity contribution in [1.82, 2.24) is 4.90 Å². The van der Waals surface area contributed by atoms with E-state index in [0.29, 0.717) is 43.3 Å². The number of rotatable bonds is 5. The molecule has 1 atom stereocenters. The number of benzene rings is 2. The molecule has 1 fully saturated rings. The van der Waals surface area contributed by atoms with Crippen molar-refractivity contribution in [2.24, 2.45) is 0 Å². The number of nitrogens with zero attached hydrogens (tertiary/aromatic N) is 3. The fraction of sp³-hybridized carbons (Fsp3) is 0.350. The number of hydrogen-bond acceptors (Lipinski definition) is 4. The van der Waals surface area contributed by atoms with E-state index in [-0.39, 0.29) is 17.5 Å². The van der Waals surface area contributed by atoms with E-state index >= 15 is 0 Å². The van der Waals surface area contributed by atoms with Crippen LogP contribution in [0.3, 0.4) is 0 Å². The first kappa shape index (κ1) is 19.2. The molecule has 27 heavy (non-hydrogen) atoms. The molecule has 1 aliphatic rings. The standard InChI is InChI=1S/C20H22ClN3O3/c1-15(16-5-3-2-4-6-16)13-20(25)23-11-9-22(10-12-23)18-8-7-17(21)14-19(18)24(26)27/h2-8,14-15H,9-13H2,1H3. The minimum atomic E-state index is -0.416. The number of halogens is 1. The van der Waals surface area contributed by atoms with Crippen LogP contribution in [0, 0.1) is 10.1 Å². The third-order valence-corrected chi connectivity index (χ3v) is 5.19. The number of nitro benzene ring substituents is 1. The lowest BCUT2D eigenvalue weighted by atomic mass is 9.97. The first-order valence-corrected chi connectivity index (χ1v) is 9.35. The smallest absolute Gasteiger partial charge is 0.294 e. The molecule has 0 spiro atoms. The van der Waals surface area contributed by atoms with Crippen LogP contribution in [0.4, 0.5) is 11.4 Å². The van der Waals surface area contributed by atoms with E-state index in [9.17, 15) is 14.9 Å². The van der Waals surface area contributed by atoms with Crippen LogP contribution in [-0.2, 0) is 4.79 Å². The molecule has 0 bridgehead atoms. The van der Waals surface area contributed by atoms with Gasteiger partial charge >= 0.3 is 0 Å². The second-order valence-electron chi connectivity index (χ2n) is 6.77. The molecule has 0 N–H and O–H groups in total. The summed E-state index contributed by atoms with van der Waals surface area (Å²) >= 11 is 5.89. The topological polar surface area (TPSA) is 66.7 Å². The zero-order chi connectivity index (χ0) is 19.4. The van der Waals surface area contributed by atoms with E-state index in [1.165, 1.54) is 6.07 Å². The van der Waals surface area contributed by atoms with Crippen molar-refractivity contribution in [1.29, 1.82) is 0 Å². The van der Waals surface area contributed by atoms with E-state index in [2.05, 4.69) is 6.92 Å². The predicted molar refractivity (Wildman–Crippen MR) is 106 cm³/mol. The van der Waals surface area contributed by atoms with Crippen molar-refractivity contribution in [3.05, 3.63) is 69.2 Å². The van der Waals surface area contributed by atoms with Crippen molar-refractivity contribution in [2.45, 2.75) is 19.3 Å². The van der Waals surface area contributed by atoms with Gasteiger partial charge in [0.25, 0.3) is 5.69 Å². The maximum absolute atomic E-state index is 12.6. The zero-order valence-electron chi connectivity index (χ0n) is 15.2. The first-order chi connectivity index (χ1) is 13.0. The van der Waals surface area contributed by atoms with Crippen LogP contribution in [0.1, 0.15) is 24.8 Å². The van der Waals surface area contributed by atoms with Crippen LogP contribution in [-0.4, -0.2) is 41.9 Å². The van der Waals surface area contributed by atoms with E-state index in [4.69, 9.17) is 11.6 Å². The Morgan fingerprint density at radius 1 is 1.15 bits per heavy atom. The molecule has 1 saturated heterocycles. The minimum Gasteiger partial charge on any atom is -0.362 e. The van der Waals surface area contributed by atoms with Gasteiger partial charge in [0, 0.05) is 43.7 Å². The molecule has 0 saturated carbocycles. The second-order valence-corrected chi connectivity index (χ2v) is 7.21. The summed E-state index contributed by atoms with van der Waals surface area (Å²) in [5.74, 6) is 0.283. The van der Waals surface area contributed by atoms with E-state index in [1.54, 1.807) is 12.1 Å². The Morgan fingerprint density at radius 3 is 2.44 bits per heavy atom. The van der Waals surface area contributed by atoms with E-state index in [1.807, 2.05) is 40.1 Å². The van der Waals surface area contributed by atoms with Crippen LogP contribution < -0.4 is 4.90 Å². The Bertz CT molecular complexity index is 820. The summed E-state index contributed by atoms with van der Waals surface area (Å²) in [6.45, 7) is 4.29. The molecule has 0 radical (unpaired) electrons. The molecular formula is C20H22ClN3O3. The Hall–Kier alpha value is -2.60. The third-order valence-electron chi connectivity index (χ3n) is 4.96. The number of hydrogen-bond donors (Lipinski definition) is 0. The SMILES string of the molecule is CC(CC(=O)N1CCN(c2ccc(Cl)cc2[N+](=O)[O-])CC1)c1ccccc1. The van der Waals surface area contributed by atoms with Crippen LogP contribution >= 0.6 is 11.6 Å². The molecule has 142 valence electrons. The van der Waals surface area contributed by atoms with Crippen LogP contribution in [0.2, 0.25) is 5.02 Å². The lowest BCUT2D eigenvalue weighted by Gasteiger charge is -2.36. The quantitative estimate of drug-likeness (QED) is 0.572. The fourth-order valence-electron chi connectivity index (χ4n) is 3.40. The normalized spacial score (nSPS) is 15.5. The van der Waals surface area contributed by atoms with Gasteiger partial charge < -0.3 is 9.80 Å². The highest BCUT2D eigenvalue weighted by Crippen LogP contribution is 2.31. The average molecular weight is 388 g/mol. The summed E-state index contributed by atoms with van der Waals surface area (Å²) in [7, 11) is 0. The first-order valence-electron chi connectivity index (χ1n) is 8.97. The molecule has 2 aromatic rings. The Labute approximate surface area is 163 Å². The molecule has 1 aliphatic heterocycles. The molecule has 7 heteroatoms. The van der Waals surface area contributed by atoms with Gasteiger partial charge in [-0.25, -0.2) is 0 Å². The lowest BCUT2D eigenvalue weighted by molar-refractivity contribution is -0.384. The largest absolute Gasteiger partial charge is 0.362 e. The minimum absolute atomic E-state index is 0.0000219. The third kappa shape index (κ3) is 4.57. The highest BCUT2D eigenvalue weighted by Gasteiger charge is 2.26. The molecular weight excluding hydrogens is 366 g/mol. The Morgan fingerprint density at radius 2 is 1.81 bits per heavy atom. The van der Waals surface area contributed by atoms with Gasteiger partial charge in [0.05, 0.1) is 4.92 Å². The van der Waals surface area contributed by atoms with Gasteiger partial charge in [-0.2, -0.15) is 0 Å². The van der Waals surface area contributed by atoms with Crippen molar-refractivity contribution in [2.75, 3.05) is 31.1 Å². The Balaban J connectivity index is 1.61. The lowest BCUT2D eigenvalue weighted by Crippen LogP contribution is -2.49. The number of piperazine rings is 1. The second kappa shape index (κ2) is 8.39. The molecule has 0 aliphatic carbocycles. The number of carbonyl (C=O) groups excluding carboxylic acids is 1. The average Bonchev–Trinajstić information content (AvgIpc) is 2.68. The summed E-state index contributed by atoms with van der Waals surface area (Å²) < 4.78 is 0. The summed E-state index contributed by atoms with van der Waals surface area (Å²) in [6, 6.07) is 14.7. The number of carbonyl (C=O) groups is 1. The zero-order valence-corrected chi connectivity index (χ0v) is 15.9. The summed E-state index contributed by atoms with van der Waals surface area (Å²) in [5.41, 5.74) is 1.70. The molecule has 0 aromatic heterocycles. The molecule has 2 aromatic carbocycles. The van der Waals surface area contributed by atoms with Gasteiger partial charge in [-0.05, 0) is 23.6 Å². The van der Waals surface area contributed by atoms with Gasteiger partial charge in [0.15, 0.2) is 0 Å². The molecule has 1 amide bonds. The van der Waals surface area contributed by atoms with Crippen molar-refractivity contribution in [3.8, 4) is 0 Å². The number of amides is 1. The van der Waals surface area contributed by atoms with Gasteiger partial charge in [0.2, 0.25) is 5.91 Å².